The molecule has 0 aliphatic carbocycles. The fraction of sp³-hybridized carbons (Fsp3) is 0.316. The second-order valence-corrected chi connectivity index (χ2v) is 5.44. The van der Waals surface area contributed by atoms with Crippen molar-refractivity contribution in [3.05, 3.63) is 53.6 Å². The monoisotopic (exact) mass is 380 g/mol. The van der Waals surface area contributed by atoms with Gasteiger partial charge in [-0.3, -0.25) is 4.79 Å². The molecule has 0 spiro atoms. The second-order valence-electron chi connectivity index (χ2n) is 5.44. The molecule has 0 saturated carbocycles. The molecule has 0 aliphatic rings. The lowest BCUT2D eigenvalue weighted by Crippen LogP contribution is -2.33. The molecule has 1 atom stereocenters. The summed E-state index contributed by atoms with van der Waals surface area (Å²) in [5.74, 6) is 1.23. The third kappa shape index (κ3) is 5.03. The summed E-state index contributed by atoms with van der Waals surface area (Å²) in [4.78, 5) is 12.5. The van der Waals surface area contributed by atoms with E-state index < -0.39 is 5.92 Å². The Labute approximate surface area is 160 Å². The molecule has 2 aromatic carbocycles. The number of carbonyl (C=O) groups is 1. The molecule has 2 aromatic rings. The quantitative estimate of drug-likeness (QED) is 0.735. The van der Waals surface area contributed by atoms with E-state index in [1.807, 2.05) is 30.3 Å². The van der Waals surface area contributed by atoms with Gasteiger partial charge in [0.25, 0.3) is 0 Å². The van der Waals surface area contributed by atoms with Gasteiger partial charge in [-0.1, -0.05) is 30.3 Å². The number of nitrogens with two attached hydrogens (primary N) is 1. The SMILES string of the molecule is COc1cc(OC)c(OC)cc1CNC(=O)C(CN)c1ccccc1.Cl. The third-order valence-electron chi connectivity index (χ3n) is 3.99. The Kier molecular flexibility index (Phi) is 8.75. The molecule has 0 radical (unpaired) electrons. The summed E-state index contributed by atoms with van der Waals surface area (Å²) in [7, 11) is 4.69. The summed E-state index contributed by atoms with van der Waals surface area (Å²) in [6.07, 6.45) is 0. The van der Waals surface area contributed by atoms with E-state index in [0.29, 0.717) is 23.8 Å². The molecule has 1 unspecified atom stereocenters. The highest BCUT2D eigenvalue weighted by molar-refractivity contribution is 5.85. The highest BCUT2D eigenvalue weighted by Gasteiger charge is 2.19. The maximum atomic E-state index is 12.5. The van der Waals surface area contributed by atoms with E-state index in [0.717, 1.165) is 11.1 Å². The van der Waals surface area contributed by atoms with Crippen LogP contribution in [0.1, 0.15) is 17.0 Å². The van der Waals surface area contributed by atoms with E-state index in [4.69, 9.17) is 19.9 Å². The van der Waals surface area contributed by atoms with Crippen molar-refractivity contribution in [3.63, 3.8) is 0 Å². The van der Waals surface area contributed by atoms with Crippen LogP contribution in [0.25, 0.3) is 0 Å². The molecular formula is C19H25ClN2O4. The number of rotatable bonds is 8. The van der Waals surface area contributed by atoms with Crippen molar-refractivity contribution in [2.24, 2.45) is 5.73 Å². The Morgan fingerprint density at radius 2 is 1.58 bits per heavy atom. The first-order valence-corrected chi connectivity index (χ1v) is 7.96. The summed E-state index contributed by atoms with van der Waals surface area (Å²) in [5, 5.41) is 2.92. The number of benzene rings is 2. The molecule has 0 saturated heterocycles. The molecule has 3 N–H and O–H groups in total. The molecule has 0 aromatic heterocycles. The van der Waals surface area contributed by atoms with Crippen LogP contribution in [0.3, 0.4) is 0 Å². The van der Waals surface area contributed by atoms with Gasteiger partial charge in [-0.15, -0.1) is 12.4 Å². The van der Waals surface area contributed by atoms with Crippen LogP contribution >= 0.6 is 12.4 Å². The molecule has 0 fully saturated rings. The van der Waals surface area contributed by atoms with Gasteiger partial charge in [0.1, 0.15) is 5.75 Å². The molecule has 2 rings (SSSR count). The highest BCUT2D eigenvalue weighted by Crippen LogP contribution is 2.34. The number of methoxy groups -OCH3 is 3. The zero-order chi connectivity index (χ0) is 18.2. The lowest BCUT2D eigenvalue weighted by atomic mass is 9.98. The first-order chi connectivity index (χ1) is 12.1. The Morgan fingerprint density at radius 3 is 2.12 bits per heavy atom. The van der Waals surface area contributed by atoms with Gasteiger partial charge in [-0.05, 0) is 11.6 Å². The lowest BCUT2D eigenvalue weighted by molar-refractivity contribution is -0.122. The Bertz CT molecular complexity index is 710. The van der Waals surface area contributed by atoms with E-state index >= 15 is 0 Å². The molecule has 142 valence electrons. The molecule has 6 nitrogen and oxygen atoms in total. The summed E-state index contributed by atoms with van der Waals surface area (Å²) >= 11 is 0. The summed E-state index contributed by atoms with van der Waals surface area (Å²) < 4.78 is 16.0. The smallest absolute Gasteiger partial charge is 0.229 e. The van der Waals surface area contributed by atoms with Crippen molar-refractivity contribution in [3.8, 4) is 17.2 Å². The lowest BCUT2D eigenvalue weighted by Gasteiger charge is -2.17. The van der Waals surface area contributed by atoms with Crippen molar-refractivity contribution in [1.29, 1.82) is 0 Å². The maximum Gasteiger partial charge on any atom is 0.229 e. The summed E-state index contributed by atoms with van der Waals surface area (Å²) in [5.41, 5.74) is 7.47. The molecule has 7 heteroatoms. The predicted molar refractivity (Wildman–Crippen MR) is 103 cm³/mol. The molecule has 0 aliphatic heterocycles. The third-order valence-corrected chi connectivity index (χ3v) is 3.99. The number of amides is 1. The summed E-state index contributed by atoms with van der Waals surface area (Å²) in [6.45, 7) is 0.532. The number of hydrogen-bond acceptors (Lipinski definition) is 5. The van der Waals surface area contributed by atoms with Gasteiger partial charge in [-0.25, -0.2) is 0 Å². The molecule has 1 amide bonds. The maximum absolute atomic E-state index is 12.5. The van der Waals surface area contributed by atoms with E-state index in [-0.39, 0.29) is 24.9 Å². The number of halogens is 1. The number of ether oxygens (including phenoxy) is 3. The standard InChI is InChI=1S/C19H24N2O4.ClH/c1-23-16-10-18(25-3)17(24-2)9-14(16)12-21-19(22)15(11-20)13-7-5-4-6-8-13;/h4-10,15H,11-12,20H2,1-3H3,(H,21,22);1H. The van der Waals surface area contributed by atoms with Crippen LogP contribution in [0.15, 0.2) is 42.5 Å². The minimum absolute atomic E-state index is 0. The molecule has 0 heterocycles. The van der Waals surface area contributed by atoms with Crippen molar-refractivity contribution in [2.45, 2.75) is 12.5 Å². The van der Waals surface area contributed by atoms with Gasteiger partial charge in [0.2, 0.25) is 5.91 Å². The zero-order valence-corrected chi connectivity index (χ0v) is 16.0. The fourth-order valence-electron chi connectivity index (χ4n) is 2.62. The van der Waals surface area contributed by atoms with Crippen LogP contribution in [0.4, 0.5) is 0 Å². The zero-order valence-electron chi connectivity index (χ0n) is 15.2. The highest BCUT2D eigenvalue weighted by atomic mass is 35.5. The largest absolute Gasteiger partial charge is 0.496 e. The minimum Gasteiger partial charge on any atom is -0.496 e. The first kappa shape index (κ1) is 21.6. The Balaban J connectivity index is 0.00000338. The van der Waals surface area contributed by atoms with Gasteiger partial charge >= 0.3 is 0 Å². The van der Waals surface area contributed by atoms with Crippen molar-refractivity contribution in [2.75, 3.05) is 27.9 Å². The predicted octanol–water partition coefficient (Wildman–Crippen LogP) is 2.49. The Hall–Kier alpha value is -2.44. The first-order valence-electron chi connectivity index (χ1n) is 7.96. The van der Waals surface area contributed by atoms with Gasteiger partial charge in [0, 0.05) is 24.7 Å². The normalized spacial score (nSPS) is 11.1. The number of carbonyl (C=O) groups excluding carboxylic acids is 1. The average Bonchev–Trinajstić information content (AvgIpc) is 2.66. The van der Waals surface area contributed by atoms with Crippen LogP contribution in [0.2, 0.25) is 0 Å². The van der Waals surface area contributed by atoms with Gasteiger partial charge in [-0.2, -0.15) is 0 Å². The van der Waals surface area contributed by atoms with E-state index in [1.165, 1.54) is 0 Å². The van der Waals surface area contributed by atoms with Crippen molar-refractivity contribution in [1.82, 2.24) is 5.32 Å². The molecule has 0 bridgehead atoms. The van der Waals surface area contributed by atoms with Crippen LogP contribution in [-0.2, 0) is 11.3 Å². The van der Waals surface area contributed by atoms with E-state index in [9.17, 15) is 4.79 Å². The number of hydrogen-bond donors (Lipinski definition) is 2. The van der Waals surface area contributed by atoms with Crippen LogP contribution in [-0.4, -0.2) is 33.8 Å². The van der Waals surface area contributed by atoms with Gasteiger partial charge in [0.05, 0.1) is 27.2 Å². The Morgan fingerprint density at radius 1 is 1.00 bits per heavy atom. The summed E-state index contributed by atoms with van der Waals surface area (Å²) in [6, 6.07) is 13.0. The van der Waals surface area contributed by atoms with E-state index in [2.05, 4.69) is 5.32 Å². The molecule has 26 heavy (non-hydrogen) atoms. The fourth-order valence-corrected chi connectivity index (χ4v) is 2.62. The second kappa shape index (κ2) is 10.5. The molecular weight excluding hydrogens is 356 g/mol. The average molecular weight is 381 g/mol. The van der Waals surface area contributed by atoms with Crippen LogP contribution in [0.5, 0.6) is 17.2 Å². The van der Waals surface area contributed by atoms with Crippen molar-refractivity contribution < 1.29 is 19.0 Å². The van der Waals surface area contributed by atoms with Gasteiger partial charge < -0.3 is 25.3 Å². The van der Waals surface area contributed by atoms with Crippen LogP contribution in [0, 0.1) is 0 Å². The topological polar surface area (TPSA) is 82.8 Å². The van der Waals surface area contributed by atoms with Crippen molar-refractivity contribution >= 4 is 18.3 Å². The van der Waals surface area contributed by atoms with Gasteiger partial charge in [0.15, 0.2) is 11.5 Å². The number of nitrogens with one attached hydrogen (secondary N) is 1. The minimum atomic E-state index is -0.396. The van der Waals surface area contributed by atoms with E-state index in [1.54, 1.807) is 33.5 Å². The van der Waals surface area contributed by atoms with Crippen LogP contribution < -0.4 is 25.3 Å².